The summed E-state index contributed by atoms with van der Waals surface area (Å²) in [6, 6.07) is 4.57. The first-order chi connectivity index (χ1) is 8.22. The summed E-state index contributed by atoms with van der Waals surface area (Å²) in [5.41, 5.74) is 6.42. The number of methoxy groups -OCH3 is 1. The molecule has 1 saturated heterocycles. The van der Waals surface area contributed by atoms with Gasteiger partial charge in [-0.05, 0) is 36.6 Å². The molecule has 2 rings (SSSR count). The molecule has 0 saturated carbocycles. The predicted molar refractivity (Wildman–Crippen MR) is 63.6 cm³/mol. The van der Waals surface area contributed by atoms with Gasteiger partial charge in [0.15, 0.2) is 0 Å². The summed E-state index contributed by atoms with van der Waals surface area (Å²) in [4.78, 5) is 0. The number of ether oxygens (including phenoxy) is 2. The van der Waals surface area contributed by atoms with Crippen LogP contribution in [0.3, 0.4) is 0 Å². The van der Waals surface area contributed by atoms with E-state index in [1.165, 1.54) is 12.1 Å². The highest BCUT2D eigenvalue weighted by Gasteiger charge is 2.25. The molecule has 0 bridgehead atoms. The summed E-state index contributed by atoms with van der Waals surface area (Å²) in [5, 5.41) is 0. The molecule has 17 heavy (non-hydrogen) atoms. The summed E-state index contributed by atoms with van der Waals surface area (Å²) >= 11 is 0. The number of nitrogens with two attached hydrogens (primary N) is 1. The largest absolute Gasteiger partial charge is 0.496 e. The lowest BCUT2D eigenvalue weighted by Gasteiger charge is -2.14. The highest BCUT2D eigenvalue weighted by molar-refractivity contribution is 5.34. The lowest BCUT2D eigenvalue weighted by Crippen LogP contribution is -2.21. The molecule has 0 spiro atoms. The number of hydrogen-bond donors (Lipinski definition) is 1. The molecule has 1 aromatic rings. The van der Waals surface area contributed by atoms with Crippen molar-refractivity contribution in [1.29, 1.82) is 0 Å². The monoisotopic (exact) mass is 239 g/mol. The third-order valence-corrected chi connectivity index (χ3v) is 3.15. The Kier molecular flexibility index (Phi) is 3.97. The highest BCUT2D eigenvalue weighted by atomic mass is 19.1. The lowest BCUT2D eigenvalue weighted by atomic mass is 10.0. The first-order valence-electron chi connectivity index (χ1n) is 5.91. The molecule has 1 heterocycles. The summed E-state index contributed by atoms with van der Waals surface area (Å²) in [5.74, 6) is 0.473. The molecular weight excluding hydrogens is 221 g/mol. The van der Waals surface area contributed by atoms with Crippen molar-refractivity contribution in [2.75, 3.05) is 13.7 Å². The van der Waals surface area contributed by atoms with Crippen LogP contribution in [0.2, 0.25) is 0 Å². The Balaban J connectivity index is 2.05. The van der Waals surface area contributed by atoms with E-state index in [4.69, 9.17) is 15.2 Å². The van der Waals surface area contributed by atoms with Crippen LogP contribution in [-0.4, -0.2) is 25.9 Å². The van der Waals surface area contributed by atoms with Crippen molar-refractivity contribution in [3.63, 3.8) is 0 Å². The molecule has 1 unspecified atom stereocenters. The molecule has 1 aromatic carbocycles. The van der Waals surface area contributed by atoms with Crippen LogP contribution >= 0.6 is 0 Å². The van der Waals surface area contributed by atoms with Crippen LogP contribution in [0.25, 0.3) is 0 Å². The van der Waals surface area contributed by atoms with E-state index in [9.17, 15) is 4.39 Å². The van der Waals surface area contributed by atoms with Gasteiger partial charge in [0.2, 0.25) is 0 Å². The van der Waals surface area contributed by atoms with Gasteiger partial charge in [-0.2, -0.15) is 0 Å². The zero-order valence-electron chi connectivity index (χ0n) is 9.99. The number of halogens is 1. The molecule has 0 radical (unpaired) electrons. The van der Waals surface area contributed by atoms with Gasteiger partial charge in [-0.25, -0.2) is 4.39 Å². The van der Waals surface area contributed by atoms with Gasteiger partial charge in [-0.3, -0.25) is 0 Å². The Bertz CT molecular complexity index is 384. The Morgan fingerprint density at radius 2 is 2.18 bits per heavy atom. The molecule has 94 valence electrons. The van der Waals surface area contributed by atoms with Crippen LogP contribution in [0.5, 0.6) is 5.75 Å². The van der Waals surface area contributed by atoms with Crippen LogP contribution in [0, 0.1) is 5.82 Å². The fourth-order valence-corrected chi connectivity index (χ4v) is 2.26. The molecule has 0 aromatic heterocycles. The smallest absolute Gasteiger partial charge is 0.123 e. The fourth-order valence-electron chi connectivity index (χ4n) is 2.26. The maximum Gasteiger partial charge on any atom is 0.123 e. The van der Waals surface area contributed by atoms with E-state index in [1.807, 2.05) is 0 Å². The summed E-state index contributed by atoms with van der Waals surface area (Å²) < 4.78 is 24.2. The molecule has 1 aliphatic heterocycles. The minimum Gasteiger partial charge on any atom is -0.496 e. The summed E-state index contributed by atoms with van der Waals surface area (Å²) in [6.45, 7) is 0.552. The standard InChI is InChI=1S/C13H18FNO2/c1-16-13-5-2-10(14)6-9(13)7-11-3-4-12(8-15)17-11/h2,5-6,11-12H,3-4,7-8,15H2,1H3/t11-,12?/m0/s1. The SMILES string of the molecule is COc1ccc(F)cc1C[C@@H]1CCC(CN)O1. The van der Waals surface area contributed by atoms with Gasteiger partial charge in [0.25, 0.3) is 0 Å². The van der Waals surface area contributed by atoms with Crippen molar-refractivity contribution in [3.05, 3.63) is 29.6 Å². The summed E-state index contributed by atoms with van der Waals surface area (Å²) in [6.07, 6.45) is 2.91. The van der Waals surface area contributed by atoms with Crippen LogP contribution in [0.15, 0.2) is 18.2 Å². The first kappa shape index (κ1) is 12.3. The van der Waals surface area contributed by atoms with Crippen molar-refractivity contribution >= 4 is 0 Å². The number of hydrogen-bond acceptors (Lipinski definition) is 3. The Hall–Kier alpha value is -1.13. The van der Waals surface area contributed by atoms with Crippen LogP contribution < -0.4 is 10.5 Å². The second kappa shape index (κ2) is 5.47. The van der Waals surface area contributed by atoms with Crippen LogP contribution in [-0.2, 0) is 11.2 Å². The van der Waals surface area contributed by atoms with E-state index in [-0.39, 0.29) is 18.0 Å². The molecular formula is C13H18FNO2. The normalized spacial score (nSPS) is 23.9. The van der Waals surface area contributed by atoms with Crippen molar-refractivity contribution in [2.45, 2.75) is 31.5 Å². The Morgan fingerprint density at radius 3 is 2.82 bits per heavy atom. The second-order valence-corrected chi connectivity index (χ2v) is 4.35. The molecule has 1 aliphatic rings. The Labute approximate surface area is 101 Å². The zero-order valence-corrected chi connectivity index (χ0v) is 9.99. The van der Waals surface area contributed by atoms with Crippen molar-refractivity contribution in [2.24, 2.45) is 5.73 Å². The van der Waals surface area contributed by atoms with Crippen molar-refractivity contribution < 1.29 is 13.9 Å². The molecule has 0 aliphatic carbocycles. The molecule has 0 amide bonds. The quantitative estimate of drug-likeness (QED) is 0.872. The minimum absolute atomic E-state index is 0.124. The summed E-state index contributed by atoms with van der Waals surface area (Å²) in [7, 11) is 1.59. The van der Waals surface area contributed by atoms with Gasteiger partial charge in [-0.15, -0.1) is 0 Å². The maximum atomic E-state index is 13.2. The molecule has 2 atom stereocenters. The van der Waals surface area contributed by atoms with Crippen LogP contribution in [0.4, 0.5) is 4.39 Å². The topological polar surface area (TPSA) is 44.5 Å². The third kappa shape index (κ3) is 2.96. The van der Waals surface area contributed by atoms with Crippen LogP contribution in [0.1, 0.15) is 18.4 Å². The van der Waals surface area contributed by atoms with Gasteiger partial charge in [-0.1, -0.05) is 0 Å². The van der Waals surface area contributed by atoms with Gasteiger partial charge >= 0.3 is 0 Å². The Morgan fingerprint density at radius 1 is 1.41 bits per heavy atom. The average Bonchev–Trinajstić information content (AvgIpc) is 2.77. The number of rotatable bonds is 4. The molecule has 4 heteroatoms. The van der Waals surface area contributed by atoms with E-state index in [0.717, 1.165) is 18.4 Å². The minimum atomic E-state index is -0.242. The van der Waals surface area contributed by atoms with E-state index in [1.54, 1.807) is 13.2 Å². The lowest BCUT2D eigenvalue weighted by molar-refractivity contribution is 0.0504. The van der Waals surface area contributed by atoms with E-state index >= 15 is 0 Å². The maximum absolute atomic E-state index is 13.2. The fraction of sp³-hybridized carbons (Fsp3) is 0.538. The van der Waals surface area contributed by atoms with E-state index < -0.39 is 0 Å². The van der Waals surface area contributed by atoms with E-state index in [0.29, 0.717) is 18.7 Å². The first-order valence-corrected chi connectivity index (χ1v) is 5.91. The molecule has 3 nitrogen and oxygen atoms in total. The second-order valence-electron chi connectivity index (χ2n) is 4.35. The van der Waals surface area contributed by atoms with E-state index in [2.05, 4.69) is 0 Å². The van der Waals surface area contributed by atoms with Gasteiger partial charge in [0.05, 0.1) is 19.3 Å². The van der Waals surface area contributed by atoms with Gasteiger partial charge in [0, 0.05) is 13.0 Å². The van der Waals surface area contributed by atoms with Crippen molar-refractivity contribution in [1.82, 2.24) is 0 Å². The van der Waals surface area contributed by atoms with Crippen molar-refractivity contribution in [3.8, 4) is 5.75 Å². The van der Waals surface area contributed by atoms with Gasteiger partial charge in [0.1, 0.15) is 11.6 Å². The predicted octanol–water partition coefficient (Wildman–Crippen LogP) is 1.88. The van der Waals surface area contributed by atoms with Gasteiger partial charge < -0.3 is 15.2 Å². The molecule has 2 N–H and O–H groups in total. The molecule has 1 fully saturated rings. The third-order valence-electron chi connectivity index (χ3n) is 3.15. The average molecular weight is 239 g/mol. The number of benzene rings is 1. The highest BCUT2D eigenvalue weighted by Crippen LogP contribution is 2.27. The zero-order chi connectivity index (χ0) is 12.3.